The van der Waals surface area contributed by atoms with Crippen LogP contribution in [0.15, 0.2) is 57.9 Å². The molecule has 0 aliphatic rings. The molecular weight excluding hydrogens is 420 g/mol. The van der Waals surface area contributed by atoms with Gasteiger partial charge in [0.15, 0.2) is 0 Å². The number of para-hydroxylation sites is 2. The molecule has 0 heterocycles. The van der Waals surface area contributed by atoms with Gasteiger partial charge in [0.05, 0.1) is 24.2 Å². The maximum absolute atomic E-state index is 12.9. The number of carbonyl (C=O) groups excluding carboxylic acids is 1. The van der Waals surface area contributed by atoms with Crippen molar-refractivity contribution in [2.75, 3.05) is 25.5 Å². The molecule has 1 N–H and O–H groups in total. The Kier molecular flexibility index (Phi) is 7.19. The van der Waals surface area contributed by atoms with Crippen molar-refractivity contribution < 1.29 is 17.9 Å². The molecule has 26 heavy (non-hydrogen) atoms. The molecule has 0 aromatic heterocycles. The molecular formula is C18H21BrN2O4S. The number of amides is 1. The smallest absolute Gasteiger partial charge is 0.243 e. The average molecular weight is 441 g/mol. The van der Waals surface area contributed by atoms with Gasteiger partial charge in [-0.25, -0.2) is 8.42 Å². The standard InChI is InChI=1S/C18H21BrN2O4S/c1-3-12-21(26(23,24)15-10-8-14(19)9-11-15)13-18(22)20-16-6-4-5-7-17(16)25-2/h4-11H,3,12-13H2,1-2H3,(H,20,22). The predicted octanol–water partition coefficient (Wildman–Crippen LogP) is 3.50. The monoisotopic (exact) mass is 440 g/mol. The number of sulfonamides is 1. The van der Waals surface area contributed by atoms with Crippen LogP contribution in [-0.2, 0) is 14.8 Å². The second kappa shape index (κ2) is 9.16. The second-order valence-electron chi connectivity index (χ2n) is 5.54. The first-order valence-electron chi connectivity index (χ1n) is 8.07. The lowest BCUT2D eigenvalue weighted by atomic mass is 10.3. The zero-order valence-electron chi connectivity index (χ0n) is 14.6. The van der Waals surface area contributed by atoms with Gasteiger partial charge in [0.2, 0.25) is 15.9 Å². The lowest BCUT2D eigenvalue weighted by Gasteiger charge is -2.21. The van der Waals surface area contributed by atoms with E-state index in [9.17, 15) is 13.2 Å². The Labute approximate surface area is 162 Å². The van der Waals surface area contributed by atoms with Crippen LogP contribution in [0.1, 0.15) is 13.3 Å². The van der Waals surface area contributed by atoms with Gasteiger partial charge in [0, 0.05) is 11.0 Å². The van der Waals surface area contributed by atoms with Crippen molar-refractivity contribution in [2.45, 2.75) is 18.2 Å². The molecule has 2 rings (SSSR count). The van der Waals surface area contributed by atoms with Gasteiger partial charge >= 0.3 is 0 Å². The molecule has 1 amide bonds. The van der Waals surface area contributed by atoms with E-state index >= 15 is 0 Å². The van der Waals surface area contributed by atoms with Crippen LogP contribution in [0.25, 0.3) is 0 Å². The van der Waals surface area contributed by atoms with E-state index in [2.05, 4.69) is 21.2 Å². The van der Waals surface area contributed by atoms with E-state index < -0.39 is 15.9 Å². The van der Waals surface area contributed by atoms with Crippen molar-refractivity contribution in [3.05, 3.63) is 53.0 Å². The van der Waals surface area contributed by atoms with Gasteiger partial charge in [-0.05, 0) is 42.8 Å². The Hall–Kier alpha value is -1.90. The highest BCUT2D eigenvalue weighted by Crippen LogP contribution is 2.23. The number of carbonyl (C=O) groups is 1. The van der Waals surface area contributed by atoms with E-state index in [1.165, 1.54) is 23.5 Å². The minimum atomic E-state index is -3.76. The fourth-order valence-corrected chi connectivity index (χ4v) is 4.14. The van der Waals surface area contributed by atoms with E-state index in [1.54, 1.807) is 36.4 Å². The van der Waals surface area contributed by atoms with Crippen LogP contribution in [0.4, 0.5) is 5.69 Å². The van der Waals surface area contributed by atoms with Crippen LogP contribution in [-0.4, -0.2) is 38.8 Å². The molecule has 6 nitrogen and oxygen atoms in total. The van der Waals surface area contributed by atoms with Crippen LogP contribution < -0.4 is 10.1 Å². The van der Waals surface area contributed by atoms with Crippen LogP contribution in [0.2, 0.25) is 0 Å². The van der Waals surface area contributed by atoms with Gasteiger partial charge < -0.3 is 10.1 Å². The Morgan fingerprint density at radius 1 is 1.15 bits per heavy atom. The molecule has 0 saturated heterocycles. The molecule has 0 radical (unpaired) electrons. The van der Waals surface area contributed by atoms with Crippen molar-refractivity contribution in [1.29, 1.82) is 0 Å². The van der Waals surface area contributed by atoms with Crippen LogP contribution in [0, 0.1) is 0 Å². The van der Waals surface area contributed by atoms with Gasteiger partial charge in [0.25, 0.3) is 0 Å². The Morgan fingerprint density at radius 2 is 1.81 bits per heavy atom. The highest BCUT2D eigenvalue weighted by Gasteiger charge is 2.26. The molecule has 0 spiro atoms. The average Bonchev–Trinajstić information content (AvgIpc) is 2.62. The number of rotatable bonds is 8. The molecule has 2 aromatic rings. The lowest BCUT2D eigenvalue weighted by Crippen LogP contribution is -2.38. The summed E-state index contributed by atoms with van der Waals surface area (Å²) in [5, 5.41) is 2.71. The van der Waals surface area contributed by atoms with E-state index in [-0.39, 0.29) is 18.0 Å². The molecule has 2 aromatic carbocycles. The first-order valence-corrected chi connectivity index (χ1v) is 10.3. The molecule has 0 fully saturated rings. The minimum absolute atomic E-state index is 0.152. The Bertz CT molecular complexity index is 854. The molecule has 0 atom stereocenters. The van der Waals surface area contributed by atoms with E-state index in [4.69, 9.17) is 4.74 Å². The first-order chi connectivity index (χ1) is 12.4. The van der Waals surface area contributed by atoms with Crippen molar-refractivity contribution in [3.63, 3.8) is 0 Å². The molecule has 0 unspecified atom stereocenters. The van der Waals surface area contributed by atoms with E-state index in [1.807, 2.05) is 6.92 Å². The highest BCUT2D eigenvalue weighted by atomic mass is 79.9. The van der Waals surface area contributed by atoms with Gasteiger partial charge in [-0.1, -0.05) is 35.0 Å². The summed E-state index contributed by atoms with van der Waals surface area (Å²) in [5.41, 5.74) is 0.498. The number of ether oxygens (including phenoxy) is 1. The first kappa shape index (κ1) is 20.4. The molecule has 0 aliphatic heterocycles. The lowest BCUT2D eigenvalue weighted by molar-refractivity contribution is -0.116. The maximum atomic E-state index is 12.9. The largest absolute Gasteiger partial charge is 0.495 e. The van der Waals surface area contributed by atoms with E-state index in [0.717, 1.165) is 4.47 Å². The summed E-state index contributed by atoms with van der Waals surface area (Å²) >= 11 is 3.29. The molecule has 0 saturated carbocycles. The normalized spacial score (nSPS) is 11.4. The summed E-state index contributed by atoms with van der Waals surface area (Å²) in [6.07, 6.45) is 0.595. The van der Waals surface area contributed by atoms with Gasteiger partial charge in [-0.2, -0.15) is 4.31 Å². The van der Waals surface area contributed by atoms with Crippen molar-refractivity contribution >= 4 is 37.5 Å². The summed E-state index contributed by atoms with van der Waals surface area (Å²) in [5.74, 6) is 0.0855. The number of benzene rings is 2. The van der Waals surface area contributed by atoms with Crippen molar-refractivity contribution in [2.24, 2.45) is 0 Å². The molecule has 140 valence electrons. The number of halogens is 1. The summed E-state index contributed by atoms with van der Waals surface area (Å²) in [6.45, 7) is 1.84. The number of nitrogens with one attached hydrogen (secondary N) is 1. The van der Waals surface area contributed by atoms with Crippen LogP contribution >= 0.6 is 15.9 Å². The zero-order valence-corrected chi connectivity index (χ0v) is 17.0. The topological polar surface area (TPSA) is 75.7 Å². The molecule has 0 bridgehead atoms. The number of hydrogen-bond donors (Lipinski definition) is 1. The summed E-state index contributed by atoms with van der Waals surface area (Å²) in [4.78, 5) is 12.6. The fraction of sp³-hybridized carbons (Fsp3) is 0.278. The van der Waals surface area contributed by atoms with Crippen molar-refractivity contribution in [3.8, 4) is 5.75 Å². The van der Waals surface area contributed by atoms with Gasteiger partial charge in [-0.15, -0.1) is 0 Å². The fourth-order valence-electron chi connectivity index (χ4n) is 2.39. The number of anilines is 1. The maximum Gasteiger partial charge on any atom is 0.243 e. The molecule has 0 aliphatic carbocycles. The zero-order chi connectivity index (χ0) is 19.2. The summed E-state index contributed by atoms with van der Waals surface area (Å²) in [7, 11) is -2.26. The second-order valence-corrected chi connectivity index (χ2v) is 8.39. The number of methoxy groups -OCH3 is 1. The van der Waals surface area contributed by atoms with Crippen LogP contribution in [0.3, 0.4) is 0 Å². The Balaban J connectivity index is 2.19. The number of hydrogen-bond acceptors (Lipinski definition) is 4. The Morgan fingerprint density at radius 3 is 2.42 bits per heavy atom. The van der Waals surface area contributed by atoms with Gasteiger partial charge in [0.1, 0.15) is 5.75 Å². The van der Waals surface area contributed by atoms with E-state index in [0.29, 0.717) is 17.9 Å². The summed E-state index contributed by atoms with van der Waals surface area (Å²) in [6, 6.07) is 13.3. The number of nitrogens with zero attached hydrogens (tertiary/aromatic N) is 1. The SMILES string of the molecule is CCCN(CC(=O)Nc1ccccc1OC)S(=O)(=O)c1ccc(Br)cc1. The van der Waals surface area contributed by atoms with Crippen LogP contribution in [0.5, 0.6) is 5.75 Å². The third-order valence-corrected chi connectivity index (χ3v) is 6.01. The third-order valence-electron chi connectivity index (χ3n) is 3.63. The molecule has 8 heteroatoms. The third kappa shape index (κ3) is 5.06. The van der Waals surface area contributed by atoms with Crippen molar-refractivity contribution in [1.82, 2.24) is 4.31 Å². The van der Waals surface area contributed by atoms with Gasteiger partial charge in [-0.3, -0.25) is 4.79 Å². The predicted molar refractivity (Wildman–Crippen MR) is 105 cm³/mol. The summed E-state index contributed by atoms with van der Waals surface area (Å²) < 4.78 is 32.9. The quantitative estimate of drug-likeness (QED) is 0.681. The minimum Gasteiger partial charge on any atom is -0.495 e. The highest BCUT2D eigenvalue weighted by molar-refractivity contribution is 9.10.